The van der Waals surface area contributed by atoms with Gasteiger partial charge in [0.15, 0.2) is 11.6 Å². The largest absolute Gasteiger partial charge is 0.420 e. The van der Waals surface area contributed by atoms with Crippen LogP contribution in [-0.2, 0) is 19.1 Å². The topological polar surface area (TPSA) is 61.8 Å². The zero-order valence-electron chi connectivity index (χ0n) is 12.9. The maximum Gasteiger partial charge on any atom is 0.313 e. The molecule has 134 valence electrons. The van der Waals surface area contributed by atoms with E-state index in [1.165, 1.54) is 6.92 Å². The van der Waals surface area contributed by atoms with Crippen molar-refractivity contribution in [3.05, 3.63) is 29.3 Å². The predicted molar refractivity (Wildman–Crippen MR) is 73.5 cm³/mol. The number of carbonyl (C=O) groups excluding carboxylic acids is 2. The molecular formula is C15H16F4O5. The minimum atomic E-state index is -1.79. The van der Waals surface area contributed by atoms with Crippen LogP contribution in [0.25, 0.3) is 0 Å². The summed E-state index contributed by atoms with van der Waals surface area (Å²) in [5, 5.41) is 0. The summed E-state index contributed by atoms with van der Waals surface area (Å²) in [5.41, 5.74) is 0. The first-order chi connectivity index (χ1) is 11.3. The molecule has 0 heterocycles. The zero-order chi connectivity index (χ0) is 18.1. The Bertz CT molecular complexity index is 565. The molecule has 1 aromatic carbocycles. The lowest BCUT2D eigenvalue weighted by molar-refractivity contribution is -0.136. The quantitative estimate of drug-likeness (QED) is 0.213. The minimum absolute atomic E-state index is 0.00749. The first-order valence-electron chi connectivity index (χ1n) is 7.01. The molecule has 0 amide bonds. The molecule has 0 saturated heterocycles. The van der Waals surface area contributed by atoms with Gasteiger partial charge in [0.1, 0.15) is 5.78 Å². The molecule has 0 spiro atoms. The number of ether oxygens (including phenoxy) is 3. The van der Waals surface area contributed by atoms with E-state index in [-0.39, 0.29) is 51.1 Å². The summed E-state index contributed by atoms with van der Waals surface area (Å²) in [4.78, 5) is 22.0. The van der Waals surface area contributed by atoms with Crippen LogP contribution in [0.1, 0.15) is 19.8 Å². The lowest BCUT2D eigenvalue weighted by atomic mass is 10.3. The minimum Gasteiger partial charge on any atom is -0.420 e. The Morgan fingerprint density at radius 3 is 1.88 bits per heavy atom. The molecule has 1 aromatic rings. The molecule has 0 fully saturated rings. The summed E-state index contributed by atoms with van der Waals surface area (Å²) < 4.78 is 66.8. The Morgan fingerprint density at radius 1 is 0.875 bits per heavy atom. The Balaban J connectivity index is 2.29. The van der Waals surface area contributed by atoms with Gasteiger partial charge in [0.05, 0.1) is 32.8 Å². The smallest absolute Gasteiger partial charge is 0.313 e. The molecule has 0 N–H and O–H groups in total. The van der Waals surface area contributed by atoms with Crippen molar-refractivity contribution in [1.82, 2.24) is 0 Å². The van der Waals surface area contributed by atoms with E-state index >= 15 is 0 Å². The lowest BCUT2D eigenvalue weighted by Crippen LogP contribution is -2.15. The molecule has 0 unspecified atom stereocenters. The van der Waals surface area contributed by atoms with Gasteiger partial charge in [0.2, 0.25) is 17.4 Å². The highest BCUT2D eigenvalue weighted by atomic mass is 19.2. The number of rotatable bonds is 10. The number of ketones is 1. The second kappa shape index (κ2) is 9.99. The van der Waals surface area contributed by atoms with E-state index < -0.39 is 35.0 Å². The second-order valence-corrected chi connectivity index (χ2v) is 4.70. The third kappa shape index (κ3) is 6.63. The van der Waals surface area contributed by atoms with Crippen LogP contribution in [-0.4, -0.2) is 38.2 Å². The highest BCUT2D eigenvalue weighted by Crippen LogP contribution is 2.26. The molecule has 9 heteroatoms. The molecule has 0 aliphatic heterocycles. The van der Waals surface area contributed by atoms with Crippen molar-refractivity contribution in [2.75, 3.05) is 26.4 Å². The van der Waals surface area contributed by atoms with Crippen molar-refractivity contribution in [2.45, 2.75) is 19.8 Å². The SMILES string of the molecule is CC(=O)CCOCCOCCC(=O)Oc1c(F)c(F)cc(F)c1F. The Kier molecular flexibility index (Phi) is 8.34. The van der Waals surface area contributed by atoms with E-state index in [1.807, 2.05) is 0 Å². The molecule has 24 heavy (non-hydrogen) atoms. The number of hydrogen-bond acceptors (Lipinski definition) is 5. The highest BCUT2D eigenvalue weighted by Gasteiger charge is 2.22. The predicted octanol–water partition coefficient (Wildman–Crippen LogP) is 2.55. The average Bonchev–Trinajstić information content (AvgIpc) is 2.52. The number of hydrogen-bond donors (Lipinski definition) is 0. The fourth-order valence-electron chi connectivity index (χ4n) is 1.50. The molecule has 0 aliphatic rings. The van der Waals surface area contributed by atoms with Crippen LogP contribution < -0.4 is 4.74 Å². The maximum atomic E-state index is 13.3. The van der Waals surface area contributed by atoms with Crippen LogP contribution in [0.2, 0.25) is 0 Å². The van der Waals surface area contributed by atoms with Gasteiger partial charge < -0.3 is 14.2 Å². The van der Waals surface area contributed by atoms with E-state index in [9.17, 15) is 27.2 Å². The summed E-state index contributed by atoms with van der Waals surface area (Å²) >= 11 is 0. The molecule has 0 bridgehead atoms. The van der Waals surface area contributed by atoms with Gasteiger partial charge in [-0.2, -0.15) is 8.78 Å². The van der Waals surface area contributed by atoms with Crippen LogP contribution in [0.3, 0.4) is 0 Å². The van der Waals surface area contributed by atoms with Crippen LogP contribution in [0.4, 0.5) is 17.6 Å². The Labute approximate surface area is 135 Å². The monoisotopic (exact) mass is 352 g/mol. The molecule has 0 aromatic heterocycles. The second-order valence-electron chi connectivity index (χ2n) is 4.70. The average molecular weight is 352 g/mol. The first-order valence-corrected chi connectivity index (χ1v) is 7.01. The van der Waals surface area contributed by atoms with Gasteiger partial charge in [-0.25, -0.2) is 8.78 Å². The van der Waals surface area contributed by atoms with Gasteiger partial charge in [0, 0.05) is 12.5 Å². The summed E-state index contributed by atoms with van der Waals surface area (Å²) in [6.07, 6.45) is -0.0991. The van der Waals surface area contributed by atoms with E-state index in [2.05, 4.69) is 4.74 Å². The number of benzene rings is 1. The lowest BCUT2D eigenvalue weighted by Gasteiger charge is -2.08. The van der Waals surface area contributed by atoms with E-state index in [4.69, 9.17) is 9.47 Å². The normalized spacial score (nSPS) is 10.7. The van der Waals surface area contributed by atoms with Crippen LogP contribution >= 0.6 is 0 Å². The summed E-state index contributed by atoms with van der Waals surface area (Å²) in [6, 6.07) is 0.0111. The van der Waals surface area contributed by atoms with Crippen molar-refractivity contribution in [1.29, 1.82) is 0 Å². The number of Topliss-reactive ketones (excluding diaryl/α,β-unsaturated/α-hetero) is 1. The number of carbonyl (C=O) groups is 2. The molecule has 0 radical (unpaired) electrons. The van der Waals surface area contributed by atoms with Gasteiger partial charge in [-0.15, -0.1) is 0 Å². The third-order valence-corrected chi connectivity index (χ3v) is 2.71. The maximum absolute atomic E-state index is 13.3. The summed E-state index contributed by atoms with van der Waals surface area (Å²) in [7, 11) is 0. The molecule has 1 rings (SSSR count). The van der Waals surface area contributed by atoms with Gasteiger partial charge >= 0.3 is 5.97 Å². The van der Waals surface area contributed by atoms with Gasteiger partial charge in [-0.1, -0.05) is 0 Å². The molecule has 0 aliphatic carbocycles. The molecular weight excluding hydrogens is 336 g/mol. The Hall–Kier alpha value is -2.00. The number of esters is 1. The zero-order valence-corrected chi connectivity index (χ0v) is 12.9. The van der Waals surface area contributed by atoms with Crippen molar-refractivity contribution in [2.24, 2.45) is 0 Å². The van der Waals surface area contributed by atoms with Crippen LogP contribution in [0.15, 0.2) is 6.07 Å². The van der Waals surface area contributed by atoms with Crippen molar-refractivity contribution >= 4 is 11.8 Å². The first kappa shape index (κ1) is 20.0. The summed E-state index contributed by atoms with van der Waals surface area (Å²) in [5.74, 6) is -9.47. The number of halogens is 4. The van der Waals surface area contributed by atoms with Crippen molar-refractivity contribution in [3.8, 4) is 5.75 Å². The standard InChI is InChI=1S/C15H16F4O5/c1-9(20)2-4-22-6-7-23-5-3-12(21)24-15-13(18)10(16)8-11(17)14(15)19/h8H,2-7H2,1H3. The van der Waals surface area contributed by atoms with Crippen LogP contribution in [0, 0.1) is 23.3 Å². The summed E-state index contributed by atoms with van der Waals surface area (Å²) in [6.45, 7) is 1.87. The molecule has 0 saturated carbocycles. The molecule has 5 nitrogen and oxygen atoms in total. The van der Waals surface area contributed by atoms with Crippen molar-refractivity contribution < 1.29 is 41.4 Å². The van der Waals surface area contributed by atoms with E-state index in [0.717, 1.165) is 0 Å². The van der Waals surface area contributed by atoms with Crippen molar-refractivity contribution in [3.63, 3.8) is 0 Å². The third-order valence-electron chi connectivity index (χ3n) is 2.71. The highest BCUT2D eigenvalue weighted by molar-refractivity contribution is 5.75. The van der Waals surface area contributed by atoms with Gasteiger partial charge in [-0.3, -0.25) is 9.59 Å². The fraction of sp³-hybridized carbons (Fsp3) is 0.467. The molecule has 0 atom stereocenters. The van der Waals surface area contributed by atoms with Gasteiger partial charge in [0.25, 0.3) is 0 Å². The van der Waals surface area contributed by atoms with Gasteiger partial charge in [-0.05, 0) is 6.92 Å². The van der Waals surface area contributed by atoms with E-state index in [1.54, 1.807) is 0 Å². The Morgan fingerprint density at radius 2 is 1.38 bits per heavy atom. The van der Waals surface area contributed by atoms with E-state index in [0.29, 0.717) is 0 Å². The van der Waals surface area contributed by atoms with Crippen LogP contribution in [0.5, 0.6) is 5.75 Å². The fourth-order valence-corrected chi connectivity index (χ4v) is 1.50.